The lowest BCUT2D eigenvalue weighted by molar-refractivity contribution is 0.446. The zero-order chi connectivity index (χ0) is 15.3. The lowest BCUT2D eigenvalue weighted by Crippen LogP contribution is -2.29. The molecule has 0 saturated heterocycles. The molecule has 3 rings (SSSR count). The molecule has 0 amide bonds. The molecule has 0 aliphatic heterocycles. The van der Waals surface area contributed by atoms with Gasteiger partial charge in [-0.1, -0.05) is 67.6 Å². The van der Waals surface area contributed by atoms with Gasteiger partial charge in [-0.15, -0.1) is 0 Å². The molecule has 0 atom stereocenters. The first-order chi connectivity index (χ1) is 10.8. The summed E-state index contributed by atoms with van der Waals surface area (Å²) in [7, 11) is 0. The largest absolute Gasteiger partial charge is 0.159 e. The molecule has 1 aromatic heterocycles. The van der Waals surface area contributed by atoms with Crippen molar-refractivity contribution in [3.05, 3.63) is 95.8 Å². The SMILES string of the molecule is CC(Cc1ccccc1)(Cc1ccccc1)c1cccnn1. The summed E-state index contributed by atoms with van der Waals surface area (Å²) in [6.45, 7) is 2.27. The monoisotopic (exact) mass is 288 g/mol. The second-order valence-electron chi connectivity index (χ2n) is 5.99. The van der Waals surface area contributed by atoms with Gasteiger partial charge in [0.2, 0.25) is 0 Å². The van der Waals surface area contributed by atoms with Gasteiger partial charge in [0.15, 0.2) is 0 Å². The third-order valence-electron chi connectivity index (χ3n) is 4.06. The highest BCUT2D eigenvalue weighted by Crippen LogP contribution is 2.30. The Morgan fingerprint density at radius 1 is 0.727 bits per heavy atom. The van der Waals surface area contributed by atoms with Gasteiger partial charge < -0.3 is 0 Å². The second kappa shape index (κ2) is 6.52. The first-order valence-electron chi connectivity index (χ1n) is 7.62. The highest BCUT2D eigenvalue weighted by Gasteiger charge is 2.29. The summed E-state index contributed by atoms with van der Waals surface area (Å²) in [4.78, 5) is 0. The smallest absolute Gasteiger partial charge is 0.0696 e. The summed E-state index contributed by atoms with van der Waals surface area (Å²) < 4.78 is 0. The van der Waals surface area contributed by atoms with Gasteiger partial charge in [-0.25, -0.2) is 0 Å². The maximum Gasteiger partial charge on any atom is 0.0696 e. The van der Waals surface area contributed by atoms with Crippen LogP contribution in [0.2, 0.25) is 0 Å². The van der Waals surface area contributed by atoms with Crippen LogP contribution in [-0.4, -0.2) is 10.2 Å². The zero-order valence-electron chi connectivity index (χ0n) is 12.8. The molecule has 0 fully saturated rings. The van der Waals surface area contributed by atoms with E-state index in [1.165, 1.54) is 11.1 Å². The highest BCUT2D eigenvalue weighted by molar-refractivity contribution is 5.27. The number of rotatable bonds is 5. The molecule has 1 heterocycles. The minimum atomic E-state index is -0.0725. The molecular formula is C20H20N2. The Balaban J connectivity index is 1.95. The van der Waals surface area contributed by atoms with Gasteiger partial charge in [0.05, 0.1) is 5.69 Å². The zero-order valence-corrected chi connectivity index (χ0v) is 12.8. The van der Waals surface area contributed by atoms with E-state index < -0.39 is 0 Å². The van der Waals surface area contributed by atoms with Crippen molar-refractivity contribution in [2.45, 2.75) is 25.2 Å². The lowest BCUT2D eigenvalue weighted by Gasteiger charge is -2.29. The topological polar surface area (TPSA) is 25.8 Å². The summed E-state index contributed by atoms with van der Waals surface area (Å²) in [6, 6.07) is 25.3. The third-order valence-corrected chi connectivity index (χ3v) is 4.06. The van der Waals surface area contributed by atoms with Crippen LogP contribution in [-0.2, 0) is 18.3 Å². The minimum Gasteiger partial charge on any atom is -0.159 e. The maximum atomic E-state index is 4.39. The van der Waals surface area contributed by atoms with Crippen molar-refractivity contribution >= 4 is 0 Å². The van der Waals surface area contributed by atoms with Crippen molar-refractivity contribution in [1.29, 1.82) is 0 Å². The normalized spacial score (nSPS) is 11.3. The molecular weight excluding hydrogens is 268 g/mol. The van der Waals surface area contributed by atoms with Gasteiger partial charge >= 0.3 is 0 Å². The molecule has 0 saturated carbocycles. The van der Waals surface area contributed by atoms with E-state index in [4.69, 9.17) is 0 Å². The van der Waals surface area contributed by atoms with Crippen molar-refractivity contribution in [2.75, 3.05) is 0 Å². The van der Waals surface area contributed by atoms with E-state index in [-0.39, 0.29) is 5.41 Å². The summed E-state index contributed by atoms with van der Waals surface area (Å²) >= 11 is 0. The molecule has 2 nitrogen and oxygen atoms in total. The van der Waals surface area contributed by atoms with E-state index in [0.29, 0.717) is 0 Å². The molecule has 0 aliphatic carbocycles. The molecule has 2 heteroatoms. The van der Waals surface area contributed by atoms with Crippen LogP contribution in [0.15, 0.2) is 79.0 Å². The van der Waals surface area contributed by atoms with Crippen molar-refractivity contribution in [3.8, 4) is 0 Å². The first-order valence-corrected chi connectivity index (χ1v) is 7.62. The van der Waals surface area contributed by atoms with Gasteiger partial charge in [0.25, 0.3) is 0 Å². The second-order valence-corrected chi connectivity index (χ2v) is 5.99. The molecule has 0 spiro atoms. The number of hydrogen-bond donors (Lipinski definition) is 0. The van der Waals surface area contributed by atoms with Crippen LogP contribution in [0.1, 0.15) is 23.7 Å². The van der Waals surface area contributed by atoms with E-state index in [9.17, 15) is 0 Å². The predicted octanol–water partition coefficient (Wildman–Crippen LogP) is 4.22. The first kappa shape index (κ1) is 14.5. The van der Waals surface area contributed by atoms with Crippen LogP contribution in [0.25, 0.3) is 0 Å². The fraction of sp³-hybridized carbons (Fsp3) is 0.200. The Labute approximate surface area is 131 Å². The molecule has 110 valence electrons. The fourth-order valence-corrected chi connectivity index (χ4v) is 2.96. The number of aromatic nitrogens is 2. The number of hydrogen-bond acceptors (Lipinski definition) is 2. The van der Waals surface area contributed by atoms with E-state index in [0.717, 1.165) is 18.5 Å². The van der Waals surface area contributed by atoms with Crippen LogP contribution < -0.4 is 0 Å². The number of benzene rings is 2. The Morgan fingerprint density at radius 3 is 1.73 bits per heavy atom. The molecule has 0 radical (unpaired) electrons. The Morgan fingerprint density at radius 2 is 1.27 bits per heavy atom. The predicted molar refractivity (Wildman–Crippen MR) is 89.7 cm³/mol. The molecule has 22 heavy (non-hydrogen) atoms. The van der Waals surface area contributed by atoms with E-state index >= 15 is 0 Å². The highest BCUT2D eigenvalue weighted by atomic mass is 15.1. The maximum absolute atomic E-state index is 4.39. The molecule has 0 N–H and O–H groups in total. The van der Waals surface area contributed by atoms with Crippen LogP contribution in [0, 0.1) is 0 Å². The van der Waals surface area contributed by atoms with Crippen LogP contribution >= 0.6 is 0 Å². The summed E-state index contributed by atoms with van der Waals surface area (Å²) in [5, 5.41) is 8.48. The van der Waals surface area contributed by atoms with Gasteiger partial charge in [-0.2, -0.15) is 10.2 Å². The van der Waals surface area contributed by atoms with Crippen molar-refractivity contribution in [3.63, 3.8) is 0 Å². The Bertz CT molecular complexity index is 652. The van der Waals surface area contributed by atoms with Gasteiger partial charge in [0, 0.05) is 11.6 Å². The molecule has 2 aromatic carbocycles. The quantitative estimate of drug-likeness (QED) is 0.702. The summed E-state index contributed by atoms with van der Waals surface area (Å²) in [5.41, 5.74) is 3.62. The van der Waals surface area contributed by atoms with Gasteiger partial charge in [-0.05, 0) is 36.1 Å². The summed E-state index contributed by atoms with van der Waals surface area (Å²) in [5.74, 6) is 0. The average molecular weight is 288 g/mol. The summed E-state index contributed by atoms with van der Waals surface area (Å²) in [6.07, 6.45) is 3.62. The molecule has 0 bridgehead atoms. The van der Waals surface area contributed by atoms with Crippen LogP contribution in [0.4, 0.5) is 0 Å². The Hall–Kier alpha value is -2.48. The van der Waals surface area contributed by atoms with Crippen LogP contribution in [0.5, 0.6) is 0 Å². The van der Waals surface area contributed by atoms with Crippen molar-refractivity contribution in [2.24, 2.45) is 0 Å². The van der Waals surface area contributed by atoms with Crippen molar-refractivity contribution < 1.29 is 0 Å². The standard InChI is InChI=1S/C20H20N2/c1-20(19-13-8-14-21-22-19,15-17-9-4-2-5-10-17)16-18-11-6-3-7-12-18/h2-14H,15-16H2,1H3. The van der Waals surface area contributed by atoms with E-state index in [1.807, 2.05) is 6.07 Å². The third kappa shape index (κ3) is 3.40. The van der Waals surface area contributed by atoms with Crippen LogP contribution in [0.3, 0.4) is 0 Å². The van der Waals surface area contributed by atoms with Gasteiger partial charge in [-0.3, -0.25) is 0 Å². The molecule has 3 aromatic rings. The minimum absolute atomic E-state index is 0.0725. The lowest BCUT2D eigenvalue weighted by atomic mass is 9.75. The van der Waals surface area contributed by atoms with Gasteiger partial charge in [0.1, 0.15) is 0 Å². The molecule has 0 unspecified atom stereocenters. The fourth-order valence-electron chi connectivity index (χ4n) is 2.96. The average Bonchev–Trinajstić information content (AvgIpc) is 2.57. The van der Waals surface area contributed by atoms with E-state index in [2.05, 4.69) is 83.9 Å². The Kier molecular flexibility index (Phi) is 4.29. The molecule has 0 aliphatic rings. The van der Waals surface area contributed by atoms with E-state index in [1.54, 1.807) is 6.20 Å². The van der Waals surface area contributed by atoms with Crippen molar-refractivity contribution in [1.82, 2.24) is 10.2 Å². The number of nitrogens with zero attached hydrogens (tertiary/aromatic N) is 2.